The molecule has 1 unspecified atom stereocenters. The number of carbonyl (C=O) groups is 2. The highest BCUT2D eigenvalue weighted by Crippen LogP contribution is 2.33. The standard InChI is InChI=1S/C26H28N4O4/c1-4-17(2)13-27-20-12-21-22(29-25(31)19-10-11-34-16-19)23(26(32)33-3)30(24(21)28-14-20)15-18-8-6-5-7-9-18/h5-12,14,16-17,27H,4,13,15H2,1-3H3,(H,29,31). The average molecular weight is 461 g/mol. The fourth-order valence-corrected chi connectivity index (χ4v) is 3.69. The van der Waals surface area contributed by atoms with Gasteiger partial charge in [-0.15, -0.1) is 0 Å². The van der Waals surface area contributed by atoms with Crippen molar-refractivity contribution in [1.29, 1.82) is 0 Å². The van der Waals surface area contributed by atoms with E-state index in [9.17, 15) is 9.59 Å². The van der Waals surface area contributed by atoms with Crippen LogP contribution in [-0.4, -0.2) is 35.1 Å². The van der Waals surface area contributed by atoms with Crippen molar-refractivity contribution in [2.75, 3.05) is 24.3 Å². The van der Waals surface area contributed by atoms with E-state index in [2.05, 4.69) is 29.5 Å². The summed E-state index contributed by atoms with van der Waals surface area (Å²) < 4.78 is 11.9. The summed E-state index contributed by atoms with van der Waals surface area (Å²) >= 11 is 0. The van der Waals surface area contributed by atoms with Gasteiger partial charge in [-0.25, -0.2) is 9.78 Å². The molecule has 0 saturated heterocycles. The number of nitrogens with zero attached hydrogens (tertiary/aromatic N) is 2. The molecule has 3 aromatic heterocycles. The van der Waals surface area contributed by atoms with E-state index in [1.54, 1.807) is 16.8 Å². The molecule has 34 heavy (non-hydrogen) atoms. The van der Waals surface area contributed by atoms with E-state index in [0.29, 0.717) is 34.7 Å². The number of pyridine rings is 1. The number of amides is 1. The molecule has 2 N–H and O–H groups in total. The van der Waals surface area contributed by atoms with Gasteiger partial charge in [0.1, 0.15) is 11.9 Å². The molecule has 1 aromatic carbocycles. The molecular weight excluding hydrogens is 432 g/mol. The number of nitrogens with one attached hydrogen (secondary N) is 2. The molecule has 0 aliphatic carbocycles. The lowest BCUT2D eigenvalue weighted by molar-refractivity contribution is 0.0591. The summed E-state index contributed by atoms with van der Waals surface area (Å²) in [7, 11) is 1.32. The number of benzene rings is 1. The van der Waals surface area contributed by atoms with Crippen LogP contribution < -0.4 is 10.6 Å². The topological polar surface area (TPSA) is 98.4 Å². The van der Waals surface area contributed by atoms with E-state index < -0.39 is 11.9 Å². The summed E-state index contributed by atoms with van der Waals surface area (Å²) in [6.45, 7) is 5.48. The first-order valence-corrected chi connectivity index (χ1v) is 11.2. The molecule has 1 amide bonds. The Hall–Kier alpha value is -4.07. The maximum absolute atomic E-state index is 13.0. The lowest BCUT2D eigenvalue weighted by Gasteiger charge is -2.11. The van der Waals surface area contributed by atoms with Crippen LogP contribution in [0.2, 0.25) is 0 Å². The second kappa shape index (κ2) is 10.2. The van der Waals surface area contributed by atoms with E-state index in [1.807, 2.05) is 36.4 Å². The monoisotopic (exact) mass is 460 g/mol. The largest absolute Gasteiger partial charge is 0.472 e. The van der Waals surface area contributed by atoms with Crippen LogP contribution in [0.15, 0.2) is 65.6 Å². The van der Waals surface area contributed by atoms with Crippen LogP contribution in [0.5, 0.6) is 0 Å². The van der Waals surface area contributed by atoms with Crippen LogP contribution in [-0.2, 0) is 11.3 Å². The van der Waals surface area contributed by atoms with Crippen LogP contribution in [0.1, 0.15) is 46.7 Å². The number of anilines is 2. The second-order valence-electron chi connectivity index (χ2n) is 8.24. The Morgan fingerprint density at radius 1 is 1.21 bits per heavy atom. The van der Waals surface area contributed by atoms with Gasteiger partial charge in [-0.2, -0.15) is 0 Å². The number of methoxy groups -OCH3 is 1. The number of rotatable bonds is 9. The van der Waals surface area contributed by atoms with E-state index in [0.717, 1.165) is 24.2 Å². The zero-order valence-electron chi connectivity index (χ0n) is 19.5. The smallest absolute Gasteiger partial charge is 0.356 e. The van der Waals surface area contributed by atoms with Crippen molar-refractivity contribution < 1.29 is 18.7 Å². The Morgan fingerprint density at radius 3 is 2.68 bits per heavy atom. The number of hydrogen-bond acceptors (Lipinski definition) is 6. The molecule has 0 spiro atoms. The summed E-state index contributed by atoms with van der Waals surface area (Å²) in [5.74, 6) is -0.467. The van der Waals surface area contributed by atoms with Crippen LogP contribution in [0.25, 0.3) is 11.0 Å². The van der Waals surface area contributed by atoms with E-state index in [4.69, 9.17) is 9.15 Å². The van der Waals surface area contributed by atoms with E-state index >= 15 is 0 Å². The molecule has 0 aliphatic rings. The molecule has 0 aliphatic heterocycles. The number of aromatic nitrogens is 2. The van der Waals surface area contributed by atoms with Crippen LogP contribution >= 0.6 is 0 Å². The van der Waals surface area contributed by atoms with Crippen molar-refractivity contribution >= 4 is 34.3 Å². The minimum Gasteiger partial charge on any atom is -0.472 e. The Balaban J connectivity index is 1.85. The number of furan rings is 1. The van der Waals surface area contributed by atoms with E-state index in [-0.39, 0.29) is 5.69 Å². The predicted octanol–water partition coefficient (Wildman–Crippen LogP) is 5.17. The van der Waals surface area contributed by atoms with Crippen molar-refractivity contribution in [2.45, 2.75) is 26.8 Å². The van der Waals surface area contributed by atoms with Crippen molar-refractivity contribution in [3.8, 4) is 0 Å². The number of hydrogen-bond donors (Lipinski definition) is 2. The molecule has 8 heteroatoms. The highest BCUT2D eigenvalue weighted by Gasteiger charge is 2.27. The zero-order valence-corrected chi connectivity index (χ0v) is 19.5. The first kappa shape index (κ1) is 23.1. The number of carbonyl (C=O) groups excluding carboxylic acids is 2. The lowest BCUT2D eigenvalue weighted by atomic mass is 10.1. The van der Waals surface area contributed by atoms with Gasteiger partial charge in [0.05, 0.1) is 36.5 Å². The Kier molecular flexibility index (Phi) is 6.96. The molecule has 0 bridgehead atoms. The van der Waals surface area contributed by atoms with Gasteiger partial charge in [0, 0.05) is 18.5 Å². The SMILES string of the molecule is CCC(C)CNc1cnc2c(c1)c(NC(=O)c1ccoc1)c(C(=O)OC)n2Cc1ccccc1. The third-order valence-corrected chi connectivity index (χ3v) is 5.83. The number of esters is 1. The second-order valence-corrected chi connectivity index (χ2v) is 8.24. The maximum atomic E-state index is 13.0. The van der Waals surface area contributed by atoms with Gasteiger partial charge in [-0.05, 0) is 23.6 Å². The summed E-state index contributed by atoms with van der Waals surface area (Å²) in [4.78, 5) is 30.6. The summed E-state index contributed by atoms with van der Waals surface area (Å²) in [6, 6.07) is 13.2. The van der Waals surface area contributed by atoms with Gasteiger partial charge in [0.25, 0.3) is 5.91 Å². The molecule has 3 heterocycles. The van der Waals surface area contributed by atoms with Gasteiger partial charge in [-0.3, -0.25) is 4.79 Å². The molecule has 0 fully saturated rings. The molecule has 0 saturated carbocycles. The maximum Gasteiger partial charge on any atom is 0.356 e. The Labute approximate surface area is 197 Å². The molecule has 176 valence electrons. The van der Waals surface area contributed by atoms with Gasteiger partial charge < -0.3 is 24.4 Å². The number of ether oxygens (including phenoxy) is 1. The van der Waals surface area contributed by atoms with Gasteiger partial charge >= 0.3 is 5.97 Å². The molecule has 4 aromatic rings. The third kappa shape index (κ3) is 4.80. The Morgan fingerprint density at radius 2 is 2.00 bits per heavy atom. The van der Waals surface area contributed by atoms with Crippen LogP contribution in [0.4, 0.5) is 11.4 Å². The molecule has 8 nitrogen and oxygen atoms in total. The van der Waals surface area contributed by atoms with Crippen LogP contribution in [0.3, 0.4) is 0 Å². The summed E-state index contributed by atoms with van der Waals surface area (Å²) in [5, 5.41) is 6.93. The quantitative estimate of drug-likeness (QED) is 0.334. The first-order chi connectivity index (χ1) is 16.5. The van der Waals surface area contributed by atoms with Crippen molar-refractivity contribution in [1.82, 2.24) is 9.55 Å². The highest BCUT2D eigenvalue weighted by molar-refractivity contribution is 6.14. The number of fused-ring (bicyclic) bond motifs is 1. The molecular formula is C26H28N4O4. The van der Waals surface area contributed by atoms with Crippen molar-refractivity contribution in [2.24, 2.45) is 5.92 Å². The predicted molar refractivity (Wildman–Crippen MR) is 131 cm³/mol. The average Bonchev–Trinajstić information content (AvgIpc) is 3.50. The minimum atomic E-state index is -0.564. The molecule has 4 rings (SSSR count). The van der Waals surface area contributed by atoms with Crippen molar-refractivity contribution in [3.05, 3.63) is 78.0 Å². The van der Waals surface area contributed by atoms with Gasteiger partial charge in [0.15, 0.2) is 5.69 Å². The van der Waals surface area contributed by atoms with Crippen LogP contribution in [0, 0.1) is 5.92 Å². The van der Waals surface area contributed by atoms with Gasteiger partial charge in [-0.1, -0.05) is 50.6 Å². The minimum absolute atomic E-state index is 0.227. The molecule has 1 atom stereocenters. The normalized spacial score (nSPS) is 11.9. The third-order valence-electron chi connectivity index (χ3n) is 5.83. The fraction of sp³-hybridized carbons (Fsp3) is 0.269. The Bertz CT molecular complexity index is 1280. The zero-order chi connectivity index (χ0) is 24.1. The lowest BCUT2D eigenvalue weighted by Crippen LogP contribution is -2.17. The summed E-state index contributed by atoms with van der Waals surface area (Å²) in [5.41, 5.74) is 3.28. The van der Waals surface area contributed by atoms with E-state index in [1.165, 1.54) is 19.6 Å². The first-order valence-electron chi connectivity index (χ1n) is 11.2. The fourth-order valence-electron chi connectivity index (χ4n) is 3.69. The van der Waals surface area contributed by atoms with Gasteiger partial charge in [0.2, 0.25) is 0 Å². The van der Waals surface area contributed by atoms with Crippen molar-refractivity contribution in [3.63, 3.8) is 0 Å². The summed E-state index contributed by atoms with van der Waals surface area (Å²) in [6.07, 6.45) is 5.57. The highest BCUT2D eigenvalue weighted by atomic mass is 16.5. The molecule has 0 radical (unpaired) electrons.